The van der Waals surface area contributed by atoms with Gasteiger partial charge in [0, 0.05) is 74.1 Å². The van der Waals surface area contributed by atoms with Crippen molar-refractivity contribution >= 4 is 40.6 Å². The first-order valence-corrected chi connectivity index (χ1v) is 15.1. The van der Waals surface area contributed by atoms with Crippen LogP contribution in [0.15, 0.2) is 60.8 Å². The molecule has 0 bridgehead atoms. The van der Waals surface area contributed by atoms with Crippen LogP contribution >= 0.6 is 0 Å². The minimum absolute atomic E-state index is 0.00340. The fourth-order valence-corrected chi connectivity index (χ4v) is 6.20. The Morgan fingerprint density at radius 2 is 1.43 bits per heavy atom. The van der Waals surface area contributed by atoms with Crippen LogP contribution in [-0.4, -0.2) is 90.0 Å². The maximum atomic E-state index is 12.8. The number of amides is 2. The van der Waals surface area contributed by atoms with E-state index in [-0.39, 0.29) is 11.8 Å². The summed E-state index contributed by atoms with van der Waals surface area (Å²) in [4.78, 5) is 42.6. The molecule has 2 amide bonds. The van der Waals surface area contributed by atoms with Crippen LogP contribution in [0.1, 0.15) is 43.0 Å². The summed E-state index contributed by atoms with van der Waals surface area (Å²) in [5.74, 6) is 1.40. The van der Waals surface area contributed by atoms with Gasteiger partial charge < -0.3 is 30.2 Å². The molecule has 0 saturated carbocycles. The minimum Gasteiger partial charge on any atom is -0.371 e. The molecule has 1 aromatic heterocycles. The van der Waals surface area contributed by atoms with E-state index in [0.717, 1.165) is 30.6 Å². The quantitative estimate of drug-likeness (QED) is 0.391. The maximum Gasteiger partial charge on any atom is 0.321 e. The van der Waals surface area contributed by atoms with E-state index in [1.54, 1.807) is 35.4 Å². The van der Waals surface area contributed by atoms with Gasteiger partial charge in [0.15, 0.2) is 5.78 Å². The lowest BCUT2D eigenvalue weighted by atomic mass is 10.0. The fraction of sp³-hybridized carbons (Fsp3) is 0.438. The first-order valence-electron chi connectivity index (χ1n) is 15.1. The molecule has 42 heavy (non-hydrogen) atoms. The highest BCUT2D eigenvalue weighted by molar-refractivity contribution is 5.95. The van der Waals surface area contributed by atoms with Gasteiger partial charge in [-0.15, -0.1) is 0 Å². The largest absolute Gasteiger partial charge is 0.371 e. The molecule has 3 aliphatic heterocycles. The predicted octanol–water partition coefficient (Wildman–Crippen LogP) is 4.84. The third-order valence-electron chi connectivity index (χ3n) is 8.68. The summed E-state index contributed by atoms with van der Waals surface area (Å²) in [6.45, 7) is 8.84. The van der Waals surface area contributed by atoms with Crippen LogP contribution in [0.25, 0.3) is 0 Å². The molecule has 4 heterocycles. The number of benzene rings is 2. The standard InChI is InChI=1S/C32H40N8O2/c1-24(41)25-4-6-27(7-5-25)35-32(42)40-22-20-39(21-23-40)30-12-15-33-31(36-30)34-26-8-10-28(11-9-26)38-18-13-29(14-19-38)37-16-2-3-17-37/h4-12,15,29H,2-3,13-14,16-23H2,1H3,(H,35,42)(H,33,34,36). The van der Waals surface area contributed by atoms with Crippen molar-refractivity contribution in [3.63, 3.8) is 0 Å². The van der Waals surface area contributed by atoms with Crippen LogP contribution in [0.4, 0.5) is 33.6 Å². The molecule has 220 valence electrons. The summed E-state index contributed by atoms with van der Waals surface area (Å²) >= 11 is 0. The topological polar surface area (TPSA) is 96.9 Å². The second-order valence-corrected chi connectivity index (χ2v) is 11.4. The lowest BCUT2D eigenvalue weighted by Gasteiger charge is -2.37. The van der Waals surface area contributed by atoms with Crippen molar-refractivity contribution in [2.75, 3.05) is 72.8 Å². The van der Waals surface area contributed by atoms with Crippen molar-refractivity contribution in [3.8, 4) is 0 Å². The number of hydrogen-bond acceptors (Lipinski definition) is 8. The van der Waals surface area contributed by atoms with Gasteiger partial charge in [0.05, 0.1) is 0 Å². The van der Waals surface area contributed by atoms with E-state index in [9.17, 15) is 9.59 Å². The number of ketones is 1. The minimum atomic E-state index is -0.144. The number of Topliss-reactive ketones (excluding diaryl/α,β-unsaturated/α-hetero) is 1. The fourth-order valence-electron chi connectivity index (χ4n) is 6.20. The average Bonchev–Trinajstić information content (AvgIpc) is 3.57. The maximum absolute atomic E-state index is 12.8. The van der Waals surface area contributed by atoms with Gasteiger partial charge in [0.2, 0.25) is 5.95 Å². The van der Waals surface area contributed by atoms with Gasteiger partial charge in [-0.05, 0) is 100 Å². The van der Waals surface area contributed by atoms with E-state index < -0.39 is 0 Å². The van der Waals surface area contributed by atoms with Crippen LogP contribution in [0.3, 0.4) is 0 Å². The van der Waals surface area contributed by atoms with Crippen molar-refractivity contribution in [3.05, 3.63) is 66.4 Å². The third-order valence-corrected chi connectivity index (χ3v) is 8.68. The number of piperidine rings is 1. The van der Waals surface area contributed by atoms with Crippen LogP contribution < -0.4 is 20.4 Å². The first kappa shape index (κ1) is 28.0. The number of rotatable bonds is 7. The van der Waals surface area contributed by atoms with Crippen LogP contribution in [0.5, 0.6) is 0 Å². The molecule has 2 N–H and O–H groups in total. The Hall–Kier alpha value is -4.18. The van der Waals surface area contributed by atoms with E-state index in [1.807, 2.05) is 6.07 Å². The molecule has 3 saturated heterocycles. The van der Waals surface area contributed by atoms with E-state index in [1.165, 1.54) is 51.4 Å². The van der Waals surface area contributed by atoms with Crippen molar-refractivity contribution in [2.24, 2.45) is 0 Å². The number of aromatic nitrogens is 2. The van der Waals surface area contributed by atoms with Crippen LogP contribution in [-0.2, 0) is 0 Å². The molecule has 0 aliphatic carbocycles. The van der Waals surface area contributed by atoms with Crippen molar-refractivity contribution in [2.45, 2.75) is 38.6 Å². The Morgan fingerprint density at radius 3 is 2.10 bits per heavy atom. The zero-order valence-electron chi connectivity index (χ0n) is 24.3. The van der Waals surface area contributed by atoms with Gasteiger partial charge in [0.25, 0.3) is 0 Å². The highest BCUT2D eigenvalue weighted by atomic mass is 16.2. The zero-order chi connectivity index (χ0) is 28.9. The van der Waals surface area contributed by atoms with Crippen molar-refractivity contribution in [1.82, 2.24) is 19.8 Å². The normalized spacial score (nSPS) is 18.3. The Kier molecular flexibility index (Phi) is 8.50. The second-order valence-electron chi connectivity index (χ2n) is 11.4. The monoisotopic (exact) mass is 568 g/mol. The van der Waals surface area contributed by atoms with E-state index in [2.05, 4.69) is 54.6 Å². The number of nitrogens with one attached hydrogen (secondary N) is 2. The smallest absolute Gasteiger partial charge is 0.321 e. The number of likely N-dealkylation sites (tertiary alicyclic amines) is 1. The van der Waals surface area contributed by atoms with Gasteiger partial charge >= 0.3 is 6.03 Å². The number of carbonyl (C=O) groups is 2. The molecule has 3 fully saturated rings. The summed E-state index contributed by atoms with van der Waals surface area (Å²) in [6, 6.07) is 18.1. The van der Waals surface area contributed by atoms with E-state index >= 15 is 0 Å². The molecule has 0 radical (unpaired) electrons. The van der Waals surface area contributed by atoms with E-state index in [4.69, 9.17) is 4.98 Å². The van der Waals surface area contributed by atoms with Gasteiger partial charge in [-0.1, -0.05) is 0 Å². The first-order chi connectivity index (χ1) is 20.5. The van der Waals surface area contributed by atoms with Crippen LogP contribution in [0.2, 0.25) is 0 Å². The van der Waals surface area contributed by atoms with Gasteiger partial charge in [-0.25, -0.2) is 9.78 Å². The van der Waals surface area contributed by atoms with E-state index in [0.29, 0.717) is 43.4 Å². The second kappa shape index (κ2) is 12.8. The number of carbonyl (C=O) groups excluding carboxylic acids is 2. The number of hydrogen-bond donors (Lipinski definition) is 2. The van der Waals surface area contributed by atoms with Crippen molar-refractivity contribution < 1.29 is 9.59 Å². The highest BCUT2D eigenvalue weighted by Crippen LogP contribution is 2.27. The molecule has 3 aromatic rings. The number of nitrogens with zero attached hydrogens (tertiary/aromatic N) is 6. The van der Waals surface area contributed by atoms with Crippen molar-refractivity contribution in [1.29, 1.82) is 0 Å². The molecule has 10 nitrogen and oxygen atoms in total. The Bertz CT molecular complexity index is 1360. The molecule has 2 aromatic carbocycles. The molecule has 0 atom stereocenters. The molecule has 0 spiro atoms. The Balaban J connectivity index is 0.984. The number of piperazine rings is 1. The molecule has 6 rings (SSSR count). The molecular weight excluding hydrogens is 528 g/mol. The highest BCUT2D eigenvalue weighted by Gasteiger charge is 2.26. The van der Waals surface area contributed by atoms with Gasteiger partial charge in [-0.3, -0.25) is 4.79 Å². The summed E-state index contributed by atoms with van der Waals surface area (Å²) < 4.78 is 0. The zero-order valence-corrected chi connectivity index (χ0v) is 24.3. The summed E-state index contributed by atoms with van der Waals surface area (Å²) in [5, 5.41) is 6.28. The van der Waals surface area contributed by atoms with Crippen LogP contribution in [0, 0.1) is 0 Å². The Labute approximate surface area is 247 Å². The Morgan fingerprint density at radius 1 is 0.762 bits per heavy atom. The summed E-state index contributed by atoms with van der Waals surface area (Å²) in [5.41, 5.74) is 3.53. The van der Waals surface area contributed by atoms with Gasteiger partial charge in [-0.2, -0.15) is 4.98 Å². The SMILES string of the molecule is CC(=O)c1ccc(NC(=O)N2CCN(c3ccnc(Nc4ccc(N5CCC(N6CCCC6)CC5)cc4)n3)CC2)cc1. The summed E-state index contributed by atoms with van der Waals surface area (Å²) in [7, 11) is 0. The number of urea groups is 1. The lowest BCUT2D eigenvalue weighted by Crippen LogP contribution is -2.50. The number of anilines is 5. The molecule has 0 unspecified atom stereocenters. The third kappa shape index (κ3) is 6.65. The molecule has 3 aliphatic rings. The van der Waals surface area contributed by atoms with Gasteiger partial charge in [0.1, 0.15) is 5.82 Å². The lowest BCUT2D eigenvalue weighted by molar-refractivity contribution is 0.101. The molecular formula is C32H40N8O2. The average molecular weight is 569 g/mol. The predicted molar refractivity (Wildman–Crippen MR) is 167 cm³/mol. The molecule has 10 heteroatoms. The summed E-state index contributed by atoms with van der Waals surface area (Å²) in [6.07, 6.45) is 6.98.